The third kappa shape index (κ3) is 1.87. The van der Waals surface area contributed by atoms with Gasteiger partial charge in [0.05, 0.1) is 11.4 Å². The van der Waals surface area contributed by atoms with Gasteiger partial charge in [0.1, 0.15) is 0 Å². The van der Waals surface area contributed by atoms with Crippen LogP contribution in [0.2, 0.25) is 0 Å². The van der Waals surface area contributed by atoms with Crippen molar-refractivity contribution in [2.24, 2.45) is 0 Å². The molecule has 0 N–H and O–H groups in total. The van der Waals surface area contributed by atoms with Gasteiger partial charge in [0, 0.05) is 17.5 Å². The van der Waals surface area contributed by atoms with E-state index >= 15 is 0 Å². The van der Waals surface area contributed by atoms with Crippen LogP contribution in [0.1, 0.15) is 81.7 Å². The molecule has 0 saturated heterocycles. The molecule has 2 atom stereocenters. The minimum absolute atomic E-state index is 0.0380. The van der Waals surface area contributed by atoms with Crippen molar-refractivity contribution >= 4 is 6.08 Å². The van der Waals surface area contributed by atoms with Gasteiger partial charge in [-0.2, -0.15) is 0 Å². The molecule has 26 heavy (non-hydrogen) atoms. The largest absolute Gasteiger partial charge is 0.281 e. The molecule has 0 aliphatic heterocycles. The average molecular weight is 348 g/mol. The second-order valence-corrected chi connectivity index (χ2v) is 9.33. The maximum atomic E-state index is 13.6. The smallest absolute Gasteiger partial charge is 0.275 e. The summed E-state index contributed by atoms with van der Waals surface area (Å²) in [5.74, 6) is 0.467. The maximum Gasteiger partial charge on any atom is 0.275 e. The Kier molecular flexibility index (Phi) is 3.12. The van der Waals surface area contributed by atoms with Crippen LogP contribution in [0.5, 0.6) is 0 Å². The summed E-state index contributed by atoms with van der Waals surface area (Å²) in [4.78, 5) is 13.6. The van der Waals surface area contributed by atoms with Crippen molar-refractivity contribution in [3.63, 3.8) is 0 Å². The first kappa shape index (κ1) is 16.2. The molecule has 1 fully saturated rings. The lowest BCUT2D eigenvalue weighted by molar-refractivity contribution is 0.425. The highest BCUT2D eigenvalue weighted by atomic mass is 16.1. The van der Waals surface area contributed by atoms with Crippen molar-refractivity contribution < 1.29 is 0 Å². The highest BCUT2D eigenvalue weighted by Crippen LogP contribution is 2.56. The lowest BCUT2D eigenvalue weighted by atomic mass is 9.75. The Morgan fingerprint density at radius 1 is 1.23 bits per heavy atom. The summed E-state index contributed by atoms with van der Waals surface area (Å²) < 4.78 is 4.31. The van der Waals surface area contributed by atoms with Crippen LogP contribution in [0.3, 0.4) is 0 Å². The van der Waals surface area contributed by atoms with E-state index in [4.69, 9.17) is 0 Å². The number of aromatic nitrogens is 2. The fourth-order valence-corrected chi connectivity index (χ4v) is 6.00. The van der Waals surface area contributed by atoms with Crippen LogP contribution in [0.25, 0.3) is 11.8 Å². The Bertz CT molecular complexity index is 1000. The molecule has 3 heteroatoms. The first-order chi connectivity index (χ1) is 12.4. The van der Waals surface area contributed by atoms with Gasteiger partial charge in [-0.1, -0.05) is 45.1 Å². The van der Waals surface area contributed by atoms with Crippen molar-refractivity contribution in [3.05, 3.63) is 57.0 Å². The highest BCUT2D eigenvalue weighted by Gasteiger charge is 2.51. The summed E-state index contributed by atoms with van der Waals surface area (Å²) in [6.07, 6.45) is 9.04. The van der Waals surface area contributed by atoms with Gasteiger partial charge in [0.2, 0.25) is 0 Å². The average Bonchev–Trinajstić information content (AvgIpc) is 3.21. The molecule has 3 aliphatic rings. The quantitative estimate of drug-likeness (QED) is 0.759. The zero-order chi connectivity index (χ0) is 18.3. The van der Waals surface area contributed by atoms with Crippen LogP contribution in [-0.2, 0) is 17.4 Å². The van der Waals surface area contributed by atoms with Gasteiger partial charge < -0.3 is 0 Å². The van der Waals surface area contributed by atoms with Crippen molar-refractivity contribution in [1.82, 2.24) is 9.36 Å². The molecular weight excluding hydrogens is 320 g/mol. The van der Waals surface area contributed by atoms with E-state index in [-0.39, 0.29) is 16.4 Å². The fraction of sp³-hybridized carbons (Fsp3) is 0.522. The summed E-state index contributed by atoms with van der Waals surface area (Å²) in [6.45, 7) is 9.96. The molecule has 2 bridgehead atoms. The van der Waals surface area contributed by atoms with Crippen molar-refractivity contribution in [2.45, 2.75) is 76.7 Å². The predicted molar refractivity (Wildman–Crippen MR) is 106 cm³/mol. The zero-order valence-corrected chi connectivity index (χ0v) is 16.3. The van der Waals surface area contributed by atoms with E-state index in [9.17, 15) is 4.79 Å². The van der Waals surface area contributed by atoms with Gasteiger partial charge in [0.25, 0.3) is 5.56 Å². The Morgan fingerprint density at radius 3 is 2.81 bits per heavy atom. The molecule has 0 radical (unpaired) electrons. The Morgan fingerprint density at radius 2 is 2.04 bits per heavy atom. The number of rotatable bonds is 2. The molecule has 2 unspecified atom stereocenters. The zero-order valence-electron chi connectivity index (χ0n) is 16.3. The van der Waals surface area contributed by atoms with Gasteiger partial charge in [-0.25, -0.2) is 4.68 Å². The highest BCUT2D eigenvalue weighted by molar-refractivity contribution is 5.65. The summed E-state index contributed by atoms with van der Waals surface area (Å²) in [5, 5.41) is 0. The molecule has 0 spiro atoms. The monoisotopic (exact) mass is 348 g/mol. The van der Waals surface area contributed by atoms with E-state index in [1.807, 2.05) is 4.68 Å². The van der Waals surface area contributed by atoms with Gasteiger partial charge in [0.15, 0.2) is 0 Å². The Labute approximate surface area is 155 Å². The molecule has 2 aromatic rings. The molecule has 136 valence electrons. The van der Waals surface area contributed by atoms with E-state index in [2.05, 4.69) is 62.7 Å². The first-order valence-electron chi connectivity index (χ1n) is 10.0. The van der Waals surface area contributed by atoms with Gasteiger partial charge in [-0.15, -0.1) is 0 Å². The van der Waals surface area contributed by atoms with Crippen LogP contribution >= 0.6 is 0 Å². The van der Waals surface area contributed by atoms with E-state index in [1.54, 1.807) is 0 Å². The molecule has 1 heterocycles. The molecule has 5 rings (SSSR count). The third-order valence-electron chi connectivity index (χ3n) is 7.10. The van der Waals surface area contributed by atoms with E-state index in [1.165, 1.54) is 29.7 Å². The fourth-order valence-electron chi connectivity index (χ4n) is 6.00. The summed E-state index contributed by atoms with van der Waals surface area (Å²) in [7, 11) is 0. The first-order valence-corrected chi connectivity index (χ1v) is 10.0. The molecule has 3 nitrogen and oxygen atoms in total. The molecule has 3 aliphatic carbocycles. The normalized spacial score (nSPS) is 27.6. The second-order valence-electron chi connectivity index (χ2n) is 9.33. The Balaban J connectivity index is 1.85. The topological polar surface area (TPSA) is 26.9 Å². The number of fused-ring (bicyclic) bond motifs is 6. The van der Waals surface area contributed by atoms with Gasteiger partial charge >= 0.3 is 0 Å². The molecule has 0 amide bonds. The van der Waals surface area contributed by atoms with Crippen molar-refractivity contribution in [2.75, 3.05) is 0 Å². The minimum Gasteiger partial charge on any atom is -0.281 e. The standard InChI is InChI=1S/C23H28N2O/c1-5-24-20-18(16-11-13-23(20,4)14-16)21(26)25(24)17-10-6-8-15-9-7-12-22(2,3)19(15)17/h6-10,16H,5,11-14H2,1-4H3. The SMILES string of the molecule is CCn1c2c(c(=O)n1-c1cccc3c1C(C)(C)CC=C3)C1CCC2(C)C1. The molecule has 1 aromatic carbocycles. The van der Waals surface area contributed by atoms with E-state index in [0.717, 1.165) is 30.6 Å². The van der Waals surface area contributed by atoms with Crippen LogP contribution in [-0.4, -0.2) is 9.36 Å². The third-order valence-corrected chi connectivity index (χ3v) is 7.10. The summed E-state index contributed by atoms with van der Waals surface area (Å²) in [5.41, 5.74) is 6.54. The summed E-state index contributed by atoms with van der Waals surface area (Å²) >= 11 is 0. The Hall–Kier alpha value is -2.03. The number of allylic oxidation sites excluding steroid dienone is 1. The number of benzene rings is 1. The maximum absolute atomic E-state index is 13.6. The van der Waals surface area contributed by atoms with Crippen LogP contribution in [0, 0.1) is 0 Å². The van der Waals surface area contributed by atoms with Crippen LogP contribution in [0.15, 0.2) is 29.1 Å². The second kappa shape index (κ2) is 5.03. The number of nitrogens with zero attached hydrogens (tertiary/aromatic N) is 2. The summed E-state index contributed by atoms with van der Waals surface area (Å²) in [6, 6.07) is 6.42. The van der Waals surface area contributed by atoms with Gasteiger partial charge in [-0.05, 0) is 61.1 Å². The predicted octanol–water partition coefficient (Wildman–Crippen LogP) is 4.89. The van der Waals surface area contributed by atoms with Gasteiger partial charge in [-0.3, -0.25) is 9.48 Å². The van der Waals surface area contributed by atoms with Crippen LogP contribution in [0.4, 0.5) is 0 Å². The molecule has 1 aromatic heterocycles. The lowest BCUT2D eigenvalue weighted by Gasteiger charge is -2.32. The van der Waals surface area contributed by atoms with Crippen LogP contribution < -0.4 is 5.56 Å². The van der Waals surface area contributed by atoms with E-state index < -0.39 is 0 Å². The number of hydrogen-bond donors (Lipinski definition) is 0. The minimum atomic E-state index is 0.0380. The lowest BCUT2D eigenvalue weighted by Crippen LogP contribution is -2.30. The van der Waals surface area contributed by atoms with E-state index in [0.29, 0.717) is 5.92 Å². The van der Waals surface area contributed by atoms with Crippen molar-refractivity contribution in [1.29, 1.82) is 0 Å². The van der Waals surface area contributed by atoms with Crippen molar-refractivity contribution in [3.8, 4) is 5.69 Å². The number of hydrogen-bond acceptors (Lipinski definition) is 1. The molecule has 1 saturated carbocycles. The molecular formula is C23H28N2O.